The van der Waals surface area contributed by atoms with E-state index in [0.717, 1.165) is 13.1 Å². The van der Waals surface area contributed by atoms with Crippen molar-refractivity contribution in [1.29, 1.82) is 0 Å². The number of hydrogen-bond acceptors (Lipinski definition) is 5. The van der Waals surface area contributed by atoms with Crippen molar-refractivity contribution in [3.8, 4) is 0 Å². The average molecular weight is 253 g/mol. The molecule has 2 N–H and O–H groups in total. The summed E-state index contributed by atoms with van der Waals surface area (Å²) in [5.74, 6) is -0.974. The zero-order valence-corrected chi connectivity index (χ0v) is 10.7. The molecule has 0 radical (unpaired) electrons. The largest absolute Gasteiger partial charge is 0.478 e. The Hall–Kier alpha value is -1.66. The minimum atomic E-state index is -0.974. The number of methoxy groups -OCH3 is 1. The summed E-state index contributed by atoms with van der Waals surface area (Å²) in [5.41, 5.74) is 0.787. The van der Waals surface area contributed by atoms with E-state index in [0.29, 0.717) is 18.8 Å². The normalized spacial score (nSPS) is 10.6. The number of pyridine rings is 1. The van der Waals surface area contributed by atoms with E-state index < -0.39 is 5.97 Å². The molecule has 18 heavy (non-hydrogen) atoms. The number of carboxylic acid groups (broad SMARTS) is 1. The van der Waals surface area contributed by atoms with E-state index in [1.54, 1.807) is 19.4 Å². The number of aromatic nitrogens is 1. The van der Waals surface area contributed by atoms with Crippen LogP contribution in [0.5, 0.6) is 0 Å². The van der Waals surface area contributed by atoms with Gasteiger partial charge in [0.25, 0.3) is 0 Å². The molecule has 1 aromatic heterocycles. The van der Waals surface area contributed by atoms with Crippen LogP contribution in [-0.2, 0) is 4.74 Å². The van der Waals surface area contributed by atoms with Gasteiger partial charge in [0.05, 0.1) is 12.3 Å². The molecule has 0 bridgehead atoms. The van der Waals surface area contributed by atoms with E-state index in [4.69, 9.17) is 9.84 Å². The Kier molecular flexibility index (Phi) is 6.10. The Morgan fingerprint density at radius 3 is 3.00 bits per heavy atom. The van der Waals surface area contributed by atoms with Crippen LogP contribution in [0.25, 0.3) is 0 Å². The van der Waals surface area contributed by atoms with Gasteiger partial charge in [-0.05, 0) is 13.1 Å². The molecule has 1 rings (SSSR count). The molecule has 6 heteroatoms. The highest BCUT2D eigenvalue weighted by Crippen LogP contribution is 2.12. The molecule has 0 fully saturated rings. The van der Waals surface area contributed by atoms with Crippen LogP contribution in [0.1, 0.15) is 10.4 Å². The van der Waals surface area contributed by atoms with Crippen LogP contribution >= 0.6 is 0 Å². The number of ether oxygens (including phenoxy) is 1. The number of rotatable bonds is 8. The highest BCUT2D eigenvalue weighted by molar-refractivity contribution is 5.93. The first-order valence-corrected chi connectivity index (χ1v) is 5.73. The standard InChI is InChI=1S/C12H19N3O3/c1-15(7-8-18-2)6-5-14-11-3-4-13-9-10(11)12(16)17/h3-4,9H,5-8H2,1-2H3,(H,13,14)(H,16,17). The smallest absolute Gasteiger partial charge is 0.339 e. The topological polar surface area (TPSA) is 74.7 Å². The van der Waals surface area contributed by atoms with E-state index in [1.807, 2.05) is 7.05 Å². The SMILES string of the molecule is COCCN(C)CCNc1ccncc1C(=O)O. The summed E-state index contributed by atoms with van der Waals surface area (Å²) in [7, 11) is 3.66. The lowest BCUT2D eigenvalue weighted by Gasteiger charge is -2.17. The van der Waals surface area contributed by atoms with Crippen molar-refractivity contribution in [2.75, 3.05) is 45.7 Å². The second-order valence-electron chi connectivity index (χ2n) is 3.95. The van der Waals surface area contributed by atoms with Gasteiger partial charge in [-0.25, -0.2) is 4.79 Å². The zero-order chi connectivity index (χ0) is 13.4. The van der Waals surface area contributed by atoms with Crippen LogP contribution in [0.2, 0.25) is 0 Å². The van der Waals surface area contributed by atoms with Gasteiger partial charge in [0, 0.05) is 39.1 Å². The van der Waals surface area contributed by atoms with E-state index >= 15 is 0 Å². The molecule has 0 aliphatic rings. The molecule has 0 saturated carbocycles. The van der Waals surface area contributed by atoms with Gasteiger partial charge in [0.15, 0.2) is 0 Å². The van der Waals surface area contributed by atoms with Crippen molar-refractivity contribution in [3.05, 3.63) is 24.0 Å². The number of hydrogen-bond donors (Lipinski definition) is 2. The van der Waals surface area contributed by atoms with Crippen molar-refractivity contribution < 1.29 is 14.6 Å². The number of nitrogens with one attached hydrogen (secondary N) is 1. The van der Waals surface area contributed by atoms with Crippen LogP contribution in [0, 0.1) is 0 Å². The average Bonchev–Trinajstić information content (AvgIpc) is 2.36. The first-order valence-electron chi connectivity index (χ1n) is 5.73. The molecule has 0 aliphatic heterocycles. The first-order chi connectivity index (χ1) is 8.65. The molecule has 1 aromatic rings. The first kappa shape index (κ1) is 14.4. The number of carboxylic acids is 1. The second kappa shape index (κ2) is 7.62. The molecule has 0 atom stereocenters. The number of nitrogens with zero attached hydrogens (tertiary/aromatic N) is 2. The quantitative estimate of drug-likeness (QED) is 0.713. The van der Waals surface area contributed by atoms with Crippen molar-refractivity contribution in [2.24, 2.45) is 0 Å². The maximum Gasteiger partial charge on any atom is 0.339 e. The zero-order valence-electron chi connectivity index (χ0n) is 10.7. The summed E-state index contributed by atoms with van der Waals surface area (Å²) >= 11 is 0. The van der Waals surface area contributed by atoms with Gasteiger partial charge in [-0.3, -0.25) is 4.98 Å². The third-order valence-corrected chi connectivity index (χ3v) is 2.54. The Bertz CT molecular complexity index is 385. The monoisotopic (exact) mass is 253 g/mol. The van der Waals surface area contributed by atoms with Crippen LogP contribution in [0.15, 0.2) is 18.5 Å². The fourth-order valence-electron chi connectivity index (χ4n) is 1.46. The summed E-state index contributed by atoms with van der Waals surface area (Å²) in [5, 5.41) is 12.1. The van der Waals surface area contributed by atoms with Crippen molar-refractivity contribution in [1.82, 2.24) is 9.88 Å². The van der Waals surface area contributed by atoms with Gasteiger partial charge in [0.2, 0.25) is 0 Å². The number of anilines is 1. The highest BCUT2D eigenvalue weighted by Gasteiger charge is 2.09. The molecular weight excluding hydrogens is 234 g/mol. The minimum Gasteiger partial charge on any atom is -0.478 e. The van der Waals surface area contributed by atoms with Crippen molar-refractivity contribution in [3.63, 3.8) is 0 Å². The molecule has 0 spiro atoms. The van der Waals surface area contributed by atoms with Crippen LogP contribution in [0.3, 0.4) is 0 Å². The van der Waals surface area contributed by atoms with E-state index in [1.165, 1.54) is 6.20 Å². The highest BCUT2D eigenvalue weighted by atomic mass is 16.5. The molecule has 1 heterocycles. The molecular formula is C12H19N3O3. The lowest BCUT2D eigenvalue weighted by Crippen LogP contribution is -2.28. The predicted molar refractivity (Wildman–Crippen MR) is 69.1 cm³/mol. The van der Waals surface area contributed by atoms with E-state index in [9.17, 15) is 4.79 Å². The van der Waals surface area contributed by atoms with Crippen molar-refractivity contribution >= 4 is 11.7 Å². The molecule has 0 saturated heterocycles. The minimum absolute atomic E-state index is 0.192. The summed E-state index contributed by atoms with van der Waals surface area (Å²) in [4.78, 5) is 16.9. The molecule has 0 unspecified atom stereocenters. The van der Waals surface area contributed by atoms with Gasteiger partial charge in [-0.15, -0.1) is 0 Å². The number of carbonyl (C=O) groups is 1. The van der Waals surface area contributed by atoms with Crippen molar-refractivity contribution in [2.45, 2.75) is 0 Å². The van der Waals surface area contributed by atoms with Gasteiger partial charge >= 0.3 is 5.97 Å². The lowest BCUT2D eigenvalue weighted by atomic mass is 10.2. The second-order valence-corrected chi connectivity index (χ2v) is 3.95. The van der Waals surface area contributed by atoms with Crippen LogP contribution in [-0.4, -0.2) is 61.4 Å². The molecule has 100 valence electrons. The summed E-state index contributed by atoms with van der Waals surface area (Å²) < 4.78 is 4.98. The fourth-order valence-corrected chi connectivity index (χ4v) is 1.46. The maximum absolute atomic E-state index is 11.0. The van der Waals surface area contributed by atoms with Gasteiger partial charge in [-0.1, -0.05) is 0 Å². The maximum atomic E-state index is 11.0. The molecule has 0 aliphatic carbocycles. The molecule has 0 aromatic carbocycles. The van der Waals surface area contributed by atoms with Gasteiger partial charge in [0.1, 0.15) is 5.56 Å². The Morgan fingerprint density at radius 1 is 1.56 bits per heavy atom. The lowest BCUT2D eigenvalue weighted by molar-refractivity contribution is 0.0697. The Morgan fingerprint density at radius 2 is 2.33 bits per heavy atom. The van der Waals surface area contributed by atoms with Crippen LogP contribution in [0.4, 0.5) is 5.69 Å². The Balaban J connectivity index is 2.41. The summed E-state index contributed by atoms with van der Waals surface area (Å²) in [6.07, 6.45) is 2.92. The third kappa shape index (κ3) is 4.68. The van der Waals surface area contributed by atoms with Gasteiger partial charge < -0.3 is 20.1 Å². The van der Waals surface area contributed by atoms with E-state index in [-0.39, 0.29) is 5.56 Å². The third-order valence-electron chi connectivity index (χ3n) is 2.54. The summed E-state index contributed by atoms with van der Waals surface area (Å²) in [6, 6.07) is 1.67. The number of aromatic carboxylic acids is 1. The number of likely N-dealkylation sites (N-methyl/N-ethyl adjacent to an activating group) is 1. The summed E-state index contributed by atoms with van der Waals surface area (Å²) in [6.45, 7) is 3.02. The molecule has 6 nitrogen and oxygen atoms in total. The Labute approximate surface area is 107 Å². The predicted octanol–water partition coefficient (Wildman–Crippen LogP) is 0.770. The molecule has 0 amide bonds. The fraction of sp³-hybridized carbons (Fsp3) is 0.500. The van der Waals surface area contributed by atoms with E-state index in [2.05, 4.69) is 15.2 Å². The van der Waals surface area contributed by atoms with Crippen LogP contribution < -0.4 is 5.32 Å². The van der Waals surface area contributed by atoms with Gasteiger partial charge in [-0.2, -0.15) is 0 Å².